The van der Waals surface area contributed by atoms with Gasteiger partial charge in [0, 0.05) is 24.1 Å². The fraction of sp³-hybridized carbons (Fsp3) is 0.462. The van der Waals surface area contributed by atoms with Crippen LogP contribution in [-0.4, -0.2) is 38.3 Å². The quantitative estimate of drug-likeness (QED) is 0.911. The van der Waals surface area contributed by atoms with Gasteiger partial charge in [-0.2, -0.15) is 0 Å². The van der Waals surface area contributed by atoms with Crippen molar-refractivity contribution in [3.63, 3.8) is 0 Å². The van der Waals surface area contributed by atoms with Crippen LogP contribution in [0.2, 0.25) is 4.34 Å². The molecular formula is C13H14ClN3O3S. The van der Waals surface area contributed by atoms with Crippen LogP contribution in [0.4, 0.5) is 0 Å². The first-order valence-electron chi connectivity index (χ1n) is 6.58. The van der Waals surface area contributed by atoms with E-state index in [4.69, 9.17) is 16.3 Å². The Morgan fingerprint density at radius 2 is 2.43 bits per heavy atom. The number of halogens is 1. The number of thiophene rings is 1. The molecule has 3 heterocycles. The van der Waals surface area contributed by atoms with Gasteiger partial charge in [0.25, 0.3) is 0 Å². The van der Waals surface area contributed by atoms with E-state index in [1.165, 1.54) is 11.3 Å². The maximum absolute atomic E-state index is 11.4. The Labute approximate surface area is 130 Å². The van der Waals surface area contributed by atoms with E-state index in [9.17, 15) is 9.90 Å². The summed E-state index contributed by atoms with van der Waals surface area (Å²) in [4.78, 5) is 12.5. The van der Waals surface area contributed by atoms with Crippen molar-refractivity contribution >= 4 is 28.9 Å². The smallest absolute Gasteiger partial charge is 0.336 e. The van der Waals surface area contributed by atoms with Gasteiger partial charge in [-0.1, -0.05) is 16.8 Å². The topological polar surface area (TPSA) is 77.2 Å². The molecule has 2 aromatic rings. The molecule has 1 saturated heterocycles. The van der Waals surface area contributed by atoms with E-state index in [0.717, 1.165) is 15.6 Å². The zero-order chi connectivity index (χ0) is 14.9. The summed E-state index contributed by atoms with van der Waals surface area (Å²) in [5, 5.41) is 17.5. The molecule has 0 radical (unpaired) electrons. The van der Waals surface area contributed by atoms with Crippen LogP contribution < -0.4 is 0 Å². The van der Waals surface area contributed by atoms with Crippen LogP contribution in [0.5, 0.6) is 0 Å². The first-order chi connectivity index (χ1) is 10.1. The summed E-state index contributed by atoms with van der Waals surface area (Å²) in [6.45, 7) is 1.06. The average Bonchev–Trinajstić information content (AvgIpc) is 3.14. The zero-order valence-electron chi connectivity index (χ0n) is 11.2. The van der Waals surface area contributed by atoms with Crippen molar-refractivity contribution in [3.8, 4) is 0 Å². The fourth-order valence-corrected chi connectivity index (χ4v) is 3.55. The second kappa shape index (κ2) is 5.75. The Bertz CT molecular complexity index is 649. The molecule has 0 aromatic carbocycles. The van der Waals surface area contributed by atoms with Crippen molar-refractivity contribution < 1.29 is 14.6 Å². The summed E-state index contributed by atoms with van der Waals surface area (Å²) in [5.41, 5.74) is -0.519. The van der Waals surface area contributed by atoms with Gasteiger partial charge in [-0.05, 0) is 25.0 Å². The third-order valence-corrected chi connectivity index (χ3v) is 4.71. The molecule has 1 aliphatic rings. The highest BCUT2D eigenvalue weighted by Crippen LogP contribution is 2.29. The maximum Gasteiger partial charge on any atom is 0.336 e. The minimum absolute atomic E-state index is 0.244. The number of carbonyl (C=O) groups is 1. The first-order valence-corrected chi connectivity index (χ1v) is 7.77. The van der Waals surface area contributed by atoms with Crippen LogP contribution in [0.1, 0.15) is 23.4 Å². The molecule has 1 atom stereocenters. The average molecular weight is 328 g/mol. The Hall–Kier alpha value is -1.44. The Morgan fingerprint density at radius 1 is 1.57 bits per heavy atom. The number of hydrogen-bond donors (Lipinski definition) is 1. The fourth-order valence-electron chi connectivity index (χ4n) is 2.47. The van der Waals surface area contributed by atoms with Gasteiger partial charge in [0.05, 0.1) is 16.6 Å². The second-order valence-electron chi connectivity index (χ2n) is 5.04. The van der Waals surface area contributed by atoms with E-state index in [1.54, 1.807) is 10.9 Å². The molecule has 1 N–H and O–H groups in total. The first kappa shape index (κ1) is 14.5. The lowest BCUT2D eigenvalue weighted by atomic mass is 9.95. The van der Waals surface area contributed by atoms with Gasteiger partial charge < -0.3 is 9.84 Å². The number of carboxylic acids is 1. The predicted octanol–water partition coefficient (Wildman–Crippen LogP) is 2.22. The van der Waals surface area contributed by atoms with Crippen molar-refractivity contribution in [2.75, 3.05) is 6.61 Å². The normalized spacial score (nSPS) is 21.8. The third-order valence-electron chi connectivity index (χ3n) is 3.49. The molecule has 2 aromatic heterocycles. The molecule has 0 saturated carbocycles. The maximum atomic E-state index is 11.4. The minimum atomic E-state index is -1.15. The predicted molar refractivity (Wildman–Crippen MR) is 77.7 cm³/mol. The molecule has 21 heavy (non-hydrogen) atoms. The minimum Gasteiger partial charge on any atom is -0.479 e. The van der Waals surface area contributed by atoms with Crippen molar-refractivity contribution in [1.82, 2.24) is 15.0 Å². The molecule has 0 spiro atoms. The van der Waals surface area contributed by atoms with Crippen LogP contribution >= 0.6 is 22.9 Å². The van der Waals surface area contributed by atoms with Gasteiger partial charge in [0.1, 0.15) is 0 Å². The van der Waals surface area contributed by atoms with Crippen LogP contribution in [0.15, 0.2) is 18.3 Å². The molecular weight excluding hydrogens is 314 g/mol. The lowest BCUT2D eigenvalue weighted by Gasteiger charge is -2.21. The third kappa shape index (κ3) is 3.09. The van der Waals surface area contributed by atoms with Crippen LogP contribution in [0.3, 0.4) is 0 Å². The van der Waals surface area contributed by atoms with E-state index < -0.39 is 11.6 Å². The lowest BCUT2D eigenvalue weighted by Crippen LogP contribution is -2.40. The van der Waals surface area contributed by atoms with Gasteiger partial charge in [-0.25, -0.2) is 9.48 Å². The summed E-state index contributed by atoms with van der Waals surface area (Å²) in [6.07, 6.45) is 3.28. The van der Waals surface area contributed by atoms with Crippen molar-refractivity contribution in [2.45, 2.75) is 31.4 Å². The molecule has 0 amide bonds. The lowest BCUT2D eigenvalue weighted by molar-refractivity contribution is -0.160. The molecule has 1 unspecified atom stereocenters. The molecule has 3 rings (SSSR count). The number of nitrogens with zero attached hydrogens (tertiary/aromatic N) is 3. The van der Waals surface area contributed by atoms with Crippen molar-refractivity contribution in [2.24, 2.45) is 0 Å². The summed E-state index contributed by atoms with van der Waals surface area (Å²) in [7, 11) is 0. The summed E-state index contributed by atoms with van der Waals surface area (Å²) in [6, 6.07) is 3.78. The zero-order valence-corrected chi connectivity index (χ0v) is 12.7. The van der Waals surface area contributed by atoms with Crippen molar-refractivity contribution in [1.29, 1.82) is 0 Å². The number of hydrogen-bond acceptors (Lipinski definition) is 5. The van der Waals surface area contributed by atoms with E-state index in [2.05, 4.69) is 10.3 Å². The summed E-state index contributed by atoms with van der Waals surface area (Å²) in [5.74, 6) is -0.931. The van der Waals surface area contributed by atoms with E-state index in [-0.39, 0.29) is 6.42 Å². The summed E-state index contributed by atoms with van der Waals surface area (Å²) < 4.78 is 7.86. The number of rotatable bonds is 5. The second-order valence-corrected chi connectivity index (χ2v) is 6.84. The largest absolute Gasteiger partial charge is 0.479 e. The van der Waals surface area contributed by atoms with E-state index >= 15 is 0 Å². The molecule has 1 aliphatic heterocycles. The summed E-state index contributed by atoms with van der Waals surface area (Å²) >= 11 is 7.38. The molecule has 1 fully saturated rings. The molecule has 0 aliphatic carbocycles. The number of ether oxygens (including phenoxy) is 1. The molecule has 6 nitrogen and oxygen atoms in total. The van der Waals surface area contributed by atoms with Gasteiger partial charge in [0.2, 0.25) is 0 Å². The molecule has 0 bridgehead atoms. The highest BCUT2D eigenvalue weighted by Gasteiger charge is 2.43. The van der Waals surface area contributed by atoms with Gasteiger partial charge in [-0.15, -0.1) is 16.4 Å². The van der Waals surface area contributed by atoms with Crippen molar-refractivity contribution in [3.05, 3.63) is 33.2 Å². The SMILES string of the molecule is O=C(O)C1(Cc2cn(Cc3ccc(Cl)s3)nn2)CCCO1. The van der Waals surface area contributed by atoms with Crippen LogP contribution in [0, 0.1) is 0 Å². The Morgan fingerprint density at radius 3 is 3.05 bits per heavy atom. The Kier molecular flexibility index (Phi) is 3.97. The van der Waals surface area contributed by atoms with Crippen LogP contribution in [0.25, 0.3) is 0 Å². The van der Waals surface area contributed by atoms with Gasteiger partial charge >= 0.3 is 5.97 Å². The van der Waals surface area contributed by atoms with E-state index in [0.29, 0.717) is 25.3 Å². The van der Waals surface area contributed by atoms with E-state index in [1.807, 2.05) is 12.1 Å². The monoisotopic (exact) mass is 327 g/mol. The number of aliphatic carboxylic acids is 1. The Balaban J connectivity index is 1.71. The molecule has 112 valence electrons. The van der Waals surface area contributed by atoms with Gasteiger partial charge in [0.15, 0.2) is 5.60 Å². The molecule has 8 heteroatoms. The number of carboxylic acid groups (broad SMARTS) is 1. The standard InChI is InChI=1S/C13H14ClN3O3S/c14-11-3-2-10(21-11)8-17-7-9(15-16-17)6-13(12(18)19)4-1-5-20-13/h2-3,7H,1,4-6,8H2,(H,18,19). The number of aromatic nitrogens is 3. The van der Waals surface area contributed by atoms with Gasteiger partial charge in [-0.3, -0.25) is 0 Å². The highest BCUT2D eigenvalue weighted by atomic mass is 35.5. The highest BCUT2D eigenvalue weighted by molar-refractivity contribution is 7.16. The van der Waals surface area contributed by atoms with Crippen LogP contribution in [-0.2, 0) is 22.5 Å².